The van der Waals surface area contributed by atoms with Crippen molar-refractivity contribution in [3.63, 3.8) is 0 Å². The minimum atomic E-state index is 0.668. The van der Waals surface area contributed by atoms with Crippen LogP contribution in [0.2, 0.25) is 0 Å². The molecule has 2 aliphatic heterocycles. The Hall–Kier alpha value is -2.08. The molecule has 130 valence electrons. The van der Waals surface area contributed by atoms with Gasteiger partial charge in [-0.3, -0.25) is 0 Å². The Morgan fingerprint density at radius 2 is 1.92 bits per heavy atom. The summed E-state index contributed by atoms with van der Waals surface area (Å²) in [6, 6.07) is 0. The van der Waals surface area contributed by atoms with Crippen molar-refractivity contribution in [1.29, 1.82) is 0 Å². The van der Waals surface area contributed by atoms with Crippen LogP contribution in [0, 0.1) is 0 Å². The predicted molar refractivity (Wildman–Crippen MR) is 101 cm³/mol. The maximum atomic E-state index is 4.86. The summed E-state index contributed by atoms with van der Waals surface area (Å²) < 4.78 is 0. The van der Waals surface area contributed by atoms with Crippen molar-refractivity contribution < 1.29 is 0 Å². The zero-order valence-corrected chi connectivity index (χ0v) is 14.4. The zero-order chi connectivity index (χ0) is 16.8. The van der Waals surface area contributed by atoms with Crippen molar-refractivity contribution in [3.8, 4) is 0 Å². The summed E-state index contributed by atoms with van der Waals surface area (Å²) in [5.41, 5.74) is 1.29. The van der Waals surface area contributed by atoms with E-state index in [0.717, 1.165) is 70.2 Å². The molecule has 0 spiro atoms. The summed E-state index contributed by atoms with van der Waals surface area (Å²) in [7, 11) is 0. The number of rotatable bonds is 6. The standard InChI is InChI=1S/C18H28N6/c1-3-8-20-18-21-16-15(7-5-12-23(16)11-4-2)17(22-18)24-13-6-9-19-10-14-24/h3-4,19H,1-2,5-14H2,(H,20,21,22). The van der Waals surface area contributed by atoms with Gasteiger partial charge in [0.25, 0.3) is 0 Å². The number of hydrogen-bond donors (Lipinski definition) is 2. The minimum absolute atomic E-state index is 0.668. The van der Waals surface area contributed by atoms with E-state index < -0.39 is 0 Å². The third-order valence-corrected chi connectivity index (χ3v) is 4.51. The molecule has 0 unspecified atom stereocenters. The van der Waals surface area contributed by atoms with Gasteiger partial charge < -0.3 is 20.4 Å². The quantitative estimate of drug-likeness (QED) is 0.777. The summed E-state index contributed by atoms with van der Waals surface area (Å²) in [6.07, 6.45) is 7.11. The Morgan fingerprint density at radius 1 is 1.04 bits per heavy atom. The first-order chi connectivity index (χ1) is 11.8. The molecule has 6 heteroatoms. The van der Waals surface area contributed by atoms with Crippen LogP contribution in [0.15, 0.2) is 25.3 Å². The van der Waals surface area contributed by atoms with Gasteiger partial charge in [-0.15, -0.1) is 13.2 Å². The second kappa shape index (κ2) is 8.15. The third-order valence-electron chi connectivity index (χ3n) is 4.51. The lowest BCUT2D eigenvalue weighted by Crippen LogP contribution is -2.35. The molecule has 1 saturated heterocycles. The molecule has 1 aromatic heterocycles. The van der Waals surface area contributed by atoms with Crippen LogP contribution >= 0.6 is 0 Å². The smallest absolute Gasteiger partial charge is 0.226 e. The van der Waals surface area contributed by atoms with E-state index in [0.29, 0.717) is 12.5 Å². The van der Waals surface area contributed by atoms with Crippen molar-refractivity contribution in [2.24, 2.45) is 0 Å². The van der Waals surface area contributed by atoms with E-state index in [-0.39, 0.29) is 0 Å². The molecule has 0 atom stereocenters. The number of nitrogens with zero attached hydrogens (tertiary/aromatic N) is 4. The molecule has 0 aliphatic carbocycles. The molecule has 1 aromatic rings. The number of anilines is 3. The molecular formula is C18H28N6. The fourth-order valence-corrected chi connectivity index (χ4v) is 3.39. The molecule has 2 aliphatic rings. The Bertz CT molecular complexity index is 577. The number of hydrogen-bond acceptors (Lipinski definition) is 6. The van der Waals surface area contributed by atoms with Crippen LogP contribution in [-0.2, 0) is 6.42 Å². The van der Waals surface area contributed by atoms with E-state index in [1.54, 1.807) is 0 Å². The second-order valence-electron chi connectivity index (χ2n) is 6.27. The van der Waals surface area contributed by atoms with Gasteiger partial charge in [0.2, 0.25) is 5.95 Å². The topological polar surface area (TPSA) is 56.3 Å². The van der Waals surface area contributed by atoms with Crippen molar-refractivity contribution in [2.75, 3.05) is 60.9 Å². The molecule has 1 fully saturated rings. The summed E-state index contributed by atoms with van der Waals surface area (Å²) in [5, 5.41) is 6.73. The van der Waals surface area contributed by atoms with Crippen LogP contribution in [0.3, 0.4) is 0 Å². The van der Waals surface area contributed by atoms with E-state index >= 15 is 0 Å². The van der Waals surface area contributed by atoms with Crippen LogP contribution in [0.5, 0.6) is 0 Å². The Morgan fingerprint density at radius 3 is 2.75 bits per heavy atom. The van der Waals surface area contributed by atoms with Gasteiger partial charge in [-0.1, -0.05) is 12.2 Å². The molecule has 0 saturated carbocycles. The van der Waals surface area contributed by atoms with Crippen LogP contribution in [0.4, 0.5) is 17.6 Å². The van der Waals surface area contributed by atoms with Gasteiger partial charge in [0.1, 0.15) is 11.6 Å². The molecule has 0 amide bonds. The van der Waals surface area contributed by atoms with Gasteiger partial charge >= 0.3 is 0 Å². The van der Waals surface area contributed by atoms with Crippen molar-refractivity contribution in [1.82, 2.24) is 15.3 Å². The van der Waals surface area contributed by atoms with Crippen molar-refractivity contribution in [3.05, 3.63) is 30.9 Å². The summed E-state index contributed by atoms with van der Waals surface area (Å²) in [6.45, 7) is 14.3. The maximum Gasteiger partial charge on any atom is 0.226 e. The van der Waals surface area contributed by atoms with Crippen molar-refractivity contribution in [2.45, 2.75) is 19.3 Å². The van der Waals surface area contributed by atoms with Gasteiger partial charge in [0.05, 0.1) is 0 Å². The maximum absolute atomic E-state index is 4.86. The van der Waals surface area contributed by atoms with Crippen LogP contribution in [-0.4, -0.2) is 55.8 Å². The molecule has 3 heterocycles. The largest absolute Gasteiger partial charge is 0.355 e. The summed E-state index contributed by atoms with van der Waals surface area (Å²) in [5.74, 6) is 2.86. The number of fused-ring (bicyclic) bond motifs is 1. The first kappa shape index (κ1) is 16.8. The minimum Gasteiger partial charge on any atom is -0.355 e. The van der Waals surface area contributed by atoms with Gasteiger partial charge in [-0.05, 0) is 25.8 Å². The molecule has 0 radical (unpaired) electrons. The number of nitrogens with one attached hydrogen (secondary N) is 2. The third kappa shape index (κ3) is 3.70. The van der Waals surface area contributed by atoms with Gasteiger partial charge in [-0.2, -0.15) is 9.97 Å². The van der Waals surface area contributed by atoms with E-state index in [1.165, 1.54) is 5.56 Å². The molecule has 0 bridgehead atoms. The highest BCUT2D eigenvalue weighted by atomic mass is 15.3. The summed E-state index contributed by atoms with van der Waals surface area (Å²) >= 11 is 0. The van der Waals surface area contributed by atoms with E-state index in [1.807, 2.05) is 12.2 Å². The van der Waals surface area contributed by atoms with E-state index in [4.69, 9.17) is 9.97 Å². The molecule has 2 N–H and O–H groups in total. The first-order valence-corrected chi connectivity index (χ1v) is 8.90. The van der Waals surface area contributed by atoms with E-state index in [9.17, 15) is 0 Å². The summed E-state index contributed by atoms with van der Waals surface area (Å²) in [4.78, 5) is 14.4. The lowest BCUT2D eigenvalue weighted by Gasteiger charge is -2.33. The van der Waals surface area contributed by atoms with Gasteiger partial charge in [0, 0.05) is 44.8 Å². The van der Waals surface area contributed by atoms with Crippen LogP contribution in [0.1, 0.15) is 18.4 Å². The SMILES string of the molecule is C=CCNc1nc2c(c(N3CCCNCC3)n1)CCCN2CC=C. The zero-order valence-electron chi connectivity index (χ0n) is 14.4. The molecule has 3 rings (SSSR count). The number of aromatic nitrogens is 2. The Labute approximate surface area is 144 Å². The second-order valence-corrected chi connectivity index (χ2v) is 6.27. The normalized spacial score (nSPS) is 17.8. The highest BCUT2D eigenvalue weighted by molar-refractivity contribution is 5.65. The van der Waals surface area contributed by atoms with Gasteiger partial charge in [-0.25, -0.2) is 0 Å². The Balaban J connectivity index is 1.99. The molecule has 24 heavy (non-hydrogen) atoms. The van der Waals surface area contributed by atoms with Crippen molar-refractivity contribution >= 4 is 17.6 Å². The average Bonchev–Trinajstić information content (AvgIpc) is 2.89. The fraction of sp³-hybridized carbons (Fsp3) is 0.556. The highest BCUT2D eigenvalue weighted by Crippen LogP contribution is 2.33. The van der Waals surface area contributed by atoms with E-state index in [2.05, 4.69) is 33.6 Å². The lowest BCUT2D eigenvalue weighted by atomic mass is 10.1. The molecule has 0 aromatic carbocycles. The van der Waals surface area contributed by atoms with Gasteiger partial charge in [0.15, 0.2) is 0 Å². The Kier molecular flexibility index (Phi) is 5.69. The highest BCUT2D eigenvalue weighted by Gasteiger charge is 2.25. The van der Waals surface area contributed by atoms with Crippen LogP contribution in [0.25, 0.3) is 0 Å². The fourth-order valence-electron chi connectivity index (χ4n) is 3.39. The van der Waals surface area contributed by atoms with Crippen LogP contribution < -0.4 is 20.4 Å². The molecular weight excluding hydrogens is 300 g/mol. The predicted octanol–water partition coefficient (Wildman–Crippen LogP) is 1.81. The average molecular weight is 328 g/mol. The lowest BCUT2D eigenvalue weighted by molar-refractivity contribution is 0.693. The monoisotopic (exact) mass is 328 g/mol. The molecule has 6 nitrogen and oxygen atoms in total. The first-order valence-electron chi connectivity index (χ1n) is 8.90.